The first kappa shape index (κ1) is 14.4. The summed E-state index contributed by atoms with van der Waals surface area (Å²) in [5.41, 5.74) is 4.20. The molecule has 3 heteroatoms. The van der Waals surface area contributed by atoms with Gasteiger partial charge < -0.3 is 4.74 Å². The largest absolute Gasteiger partial charge is 0.449 e. The standard InChI is InChI=1S/C19H19NO2/c1-3-22-19(21)20-17(12-15-7-5-4-6-8-15)13-16-11-14(2)9-10-18(16)20/h4-11,13H,3,12H2,1-2H3. The van der Waals surface area contributed by atoms with Crippen LogP contribution in [0.5, 0.6) is 0 Å². The van der Waals surface area contributed by atoms with Gasteiger partial charge in [-0.3, -0.25) is 0 Å². The van der Waals surface area contributed by atoms with Gasteiger partial charge in [0.15, 0.2) is 0 Å². The number of hydrogen-bond acceptors (Lipinski definition) is 2. The van der Waals surface area contributed by atoms with Gasteiger partial charge in [0.2, 0.25) is 0 Å². The molecule has 0 bridgehead atoms. The molecule has 0 unspecified atom stereocenters. The zero-order valence-electron chi connectivity index (χ0n) is 12.9. The van der Waals surface area contributed by atoms with Crippen LogP contribution in [0.15, 0.2) is 54.6 Å². The van der Waals surface area contributed by atoms with E-state index in [0.29, 0.717) is 13.0 Å². The molecule has 1 aromatic heterocycles. The van der Waals surface area contributed by atoms with Gasteiger partial charge in [0.05, 0.1) is 12.1 Å². The second-order valence-corrected chi connectivity index (χ2v) is 5.39. The average Bonchev–Trinajstić information content (AvgIpc) is 2.85. The van der Waals surface area contributed by atoms with E-state index < -0.39 is 0 Å². The minimum absolute atomic E-state index is 0.313. The second kappa shape index (κ2) is 6.06. The third-order valence-electron chi connectivity index (χ3n) is 3.71. The summed E-state index contributed by atoms with van der Waals surface area (Å²) in [6.07, 6.45) is 0.389. The topological polar surface area (TPSA) is 31.2 Å². The Labute approximate surface area is 130 Å². The van der Waals surface area contributed by atoms with Crippen LogP contribution in [-0.2, 0) is 11.2 Å². The molecule has 22 heavy (non-hydrogen) atoms. The van der Waals surface area contributed by atoms with Crippen LogP contribution >= 0.6 is 0 Å². The van der Waals surface area contributed by atoms with Gasteiger partial charge in [-0.05, 0) is 37.6 Å². The van der Waals surface area contributed by atoms with E-state index in [1.807, 2.05) is 37.3 Å². The first-order chi connectivity index (χ1) is 10.7. The maximum absolute atomic E-state index is 12.4. The van der Waals surface area contributed by atoms with Gasteiger partial charge in [0.1, 0.15) is 0 Å². The Balaban J connectivity index is 2.11. The molecule has 2 aromatic carbocycles. The molecule has 0 saturated carbocycles. The van der Waals surface area contributed by atoms with Gasteiger partial charge in [-0.25, -0.2) is 9.36 Å². The van der Waals surface area contributed by atoms with E-state index in [2.05, 4.69) is 31.2 Å². The number of nitrogens with zero attached hydrogens (tertiary/aromatic N) is 1. The van der Waals surface area contributed by atoms with E-state index in [0.717, 1.165) is 16.6 Å². The van der Waals surface area contributed by atoms with Gasteiger partial charge in [-0.15, -0.1) is 0 Å². The first-order valence-electron chi connectivity index (χ1n) is 7.51. The lowest BCUT2D eigenvalue weighted by Gasteiger charge is -2.09. The maximum Gasteiger partial charge on any atom is 0.418 e. The molecule has 0 amide bonds. The minimum Gasteiger partial charge on any atom is -0.449 e. The molecule has 0 N–H and O–H groups in total. The molecule has 3 aromatic rings. The van der Waals surface area contributed by atoms with Gasteiger partial charge >= 0.3 is 6.09 Å². The van der Waals surface area contributed by atoms with E-state index in [9.17, 15) is 4.79 Å². The SMILES string of the molecule is CCOC(=O)n1c(Cc2ccccc2)cc2cc(C)ccc21. The average molecular weight is 293 g/mol. The lowest BCUT2D eigenvalue weighted by molar-refractivity contribution is 0.154. The number of ether oxygens (including phenoxy) is 1. The van der Waals surface area contributed by atoms with Gasteiger partial charge in [0, 0.05) is 17.5 Å². The van der Waals surface area contributed by atoms with E-state index in [4.69, 9.17) is 4.74 Å². The second-order valence-electron chi connectivity index (χ2n) is 5.39. The number of aryl methyl sites for hydroxylation is 1. The molecule has 3 nitrogen and oxygen atoms in total. The summed E-state index contributed by atoms with van der Waals surface area (Å²) in [4.78, 5) is 12.4. The molecular weight excluding hydrogens is 274 g/mol. The van der Waals surface area contributed by atoms with Crippen molar-refractivity contribution in [3.8, 4) is 0 Å². The first-order valence-corrected chi connectivity index (χ1v) is 7.51. The van der Waals surface area contributed by atoms with Gasteiger partial charge in [-0.2, -0.15) is 0 Å². The van der Waals surface area contributed by atoms with Crippen LogP contribution in [0, 0.1) is 6.92 Å². The highest BCUT2D eigenvalue weighted by molar-refractivity contribution is 5.91. The predicted molar refractivity (Wildman–Crippen MR) is 88.3 cm³/mol. The van der Waals surface area contributed by atoms with Crippen LogP contribution < -0.4 is 0 Å². The van der Waals surface area contributed by atoms with E-state index in [1.165, 1.54) is 11.1 Å². The fourth-order valence-electron chi connectivity index (χ4n) is 2.73. The minimum atomic E-state index is -0.313. The number of rotatable bonds is 3. The number of hydrogen-bond donors (Lipinski definition) is 0. The van der Waals surface area contributed by atoms with Crippen molar-refractivity contribution in [2.24, 2.45) is 0 Å². The predicted octanol–water partition coefficient (Wildman–Crippen LogP) is 4.55. The highest BCUT2D eigenvalue weighted by Crippen LogP contribution is 2.23. The quantitative estimate of drug-likeness (QED) is 0.709. The van der Waals surface area contributed by atoms with E-state index in [1.54, 1.807) is 4.57 Å². The molecular formula is C19H19NO2. The smallest absolute Gasteiger partial charge is 0.418 e. The Bertz CT molecular complexity index is 803. The third kappa shape index (κ3) is 2.75. The summed E-state index contributed by atoms with van der Waals surface area (Å²) in [5.74, 6) is 0. The van der Waals surface area contributed by atoms with Crippen molar-refractivity contribution in [1.82, 2.24) is 4.57 Å². The van der Waals surface area contributed by atoms with Crippen LogP contribution in [0.25, 0.3) is 10.9 Å². The molecule has 0 aliphatic rings. The number of benzene rings is 2. The molecule has 0 spiro atoms. The van der Waals surface area contributed by atoms with Crippen molar-refractivity contribution in [2.75, 3.05) is 6.61 Å². The molecule has 3 rings (SSSR count). The fourth-order valence-corrected chi connectivity index (χ4v) is 2.73. The monoisotopic (exact) mass is 293 g/mol. The van der Waals surface area contributed by atoms with Crippen molar-refractivity contribution in [3.63, 3.8) is 0 Å². The summed E-state index contributed by atoms with van der Waals surface area (Å²) in [6, 6.07) is 18.3. The van der Waals surface area contributed by atoms with Gasteiger partial charge in [0.25, 0.3) is 0 Å². The normalized spacial score (nSPS) is 10.8. The maximum atomic E-state index is 12.4. The molecule has 0 atom stereocenters. The van der Waals surface area contributed by atoms with Crippen LogP contribution in [0.2, 0.25) is 0 Å². The summed E-state index contributed by atoms with van der Waals surface area (Å²) in [7, 11) is 0. The fraction of sp³-hybridized carbons (Fsp3) is 0.211. The van der Waals surface area contributed by atoms with Crippen LogP contribution in [0.3, 0.4) is 0 Å². The Hall–Kier alpha value is -2.55. The molecule has 1 heterocycles. The Morgan fingerprint density at radius 1 is 1.09 bits per heavy atom. The molecule has 0 radical (unpaired) electrons. The Morgan fingerprint density at radius 2 is 1.86 bits per heavy atom. The van der Waals surface area contributed by atoms with Crippen molar-refractivity contribution < 1.29 is 9.53 Å². The van der Waals surface area contributed by atoms with E-state index in [-0.39, 0.29) is 6.09 Å². The number of carbonyl (C=O) groups is 1. The summed E-state index contributed by atoms with van der Waals surface area (Å²) >= 11 is 0. The zero-order valence-corrected chi connectivity index (χ0v) is 12.9. The summed E-state index contributed by atoms with van der Waals surface area (Å²) in [5, 5.41) is 1.07. The summed E-state index contributed by atoms with van der Waals surface area (Å²) in [6.45, 7) is 4.25. The van der Waals surface area contributed by atoms with Crippen molar-refractivity contribution in [3.05, 3.63) is 71.4 Å². The Morgan fingerprint density at radius 3 is 2.59 bits per heavy atom. The third-order valence-corrected chi connectivity index (χ3v) is 3.71. The summed E-state index contributed by atoms with van der Waals surface area (Å²) < 4.78 is 6.91. The van der Waals surface area contributed by atoms with Crippen molar-refractivity contribution in [2.45, 2.75) is 20.3 Å². The highest BCUT2D eigenvalue weighted by atomic mass is 16.5. The lowest BCUT2D eigenvalue weighted by atomic mass is 10.1. The molecule has 0 aliphatic carbocycles. The van der Waals surface area contributed by atoms with Crippen LogP contribution in [-0.4, -0.2) is 17.3 Å². The van der Waals surface area contributed by atoms with Crippen LogP contribution in [0.4, 0.5) is 4.79 Å². The molecule has 0 aliphatic heterocycles. The molecule has 0 fully saturated rings. The van der Waals surface area contributed by atoms with Crippen molar-refractivity contribution in [1.29, 1.82) is 0 Å². The lowest BCUT2D eigenvalue weighted by Crippen LogP contribution is -2.16. The van der Waals surface area contributed by atoms with Gasteiger partial charge in [-0.1, -0.05) is 42.0 Å². The number of fused-ring (bicyclic) bond motifs is 1. The van der Waals surface area contributed by atoms with Crippen LogP contribution in [0.1, 0.15) is 23.7 Å². The zero-order chi connectivity index (χ0) is 15.5. The highest BCUT2D eigenvalue weighted by Gasteiger charge is 2.16. The molecule has 0 saturated heterocycles. The van der Waals surface area contributed by atoms with E-state index >= 15 is 0 Å². The molecule has 112 valence electrons. The Kier molecular flexibility index (Phi) is 3.96. The number of aromatic nitrogens is 1. The van der Waals surface area contributed by atoms with Crippen molar-refractivity contribution >= 4 is 17.0 Å². The number of carbonyl (C=O) groups excluding carboxylic acids is 1.